The van der Waals surface area contributed by atoms with Gasteiger partial charge in [0.25, 0.3) is 5.69 Å². The number of allylic oxidation sites excluding steroid dienone is 1. The zero-order valence-electron chi connectivity index (χ0n) is 8.32. The van der Waals surface area contributed by atoms with Gasteiger partial charge in [0.15, 0.2) is 0 Å². The molecule has 0 amide bonds. The van der Waals surface area contributed by atoms with E-state index < -0.39 is 22.2 Å². The molecule has 0 spiro atoms. The first-order chi connectivity index (χ1) is 8.01. The maximum Gasteiger partial charge on any atom is 0.335 e. The van der Waals surface area contributed by atoms with Crippen molar-refractivity contribution in [1.82, 2.24) is 0 Å². The largest absolute Gasteiger partial charge is 0.877 e. The first-order valence-corrected chi connectivity index (χ1v) is 4.30. The Hall–Kier alpha value is -2.70. The van der Waals surface area contributed by atoms with Gasteiger partial charge in [-0.1, -0.05) is 0 Å². The molecular weight excluding hydrogens is 230 g/mol. The molecule has 0 bridgehead atoms. The van der Waals surface area contributed by atoms with Crippen molar-refractivity contribution in [2.24, 2.45) is 0 Å². The molecule has 17 heavy (non-hydrogen) atoms. The van der Waals surface area contributed by atoms with E-state index in [1.165, 1.54) is 0 Å². The molecule has 7 heteroatoms. The number of hydrogen-bond acceptors (Lipinski definition) is 5. The number of aldehydes is 1. The van der Waals surface area contributed by atoms with E-state index >= 15 is 0 Å². The molecule has 0 aromatic heterocycles. The molecule has 0 aliphatic rings. The van der Waals surface area contributed by atoms with Crippen LogP contribution in [0.5, 0.6) is 0 Å². The third-order valence-corrected chi connectivity index (χ3v) is 2.01. The Morgan fingerprint density at radius 3 is 2.47 bits per heavy atom. The van der Waals surface area contributed by atoms with E-state index in [2.05, 4.69) is 0 Å². The topological polar surface area (TPSA) is 121 Å². The van der Waals surface area contributed by atoms with Crippen LogP contribution in [-0.4, -0.2) is 22.3 Å². The number of hydrogen-bond donors (Lipinski definition) is 1. The number of rotatable bonds is 4. The summed E-state index contributed by atoms with van der Waals surface area (Å²) in [7, 11) is 0. The zero-order valence-corrected chi connectivity index (χ0v) is 8.32. The van der Waals surface area contributed by atoms with Crippen LogP contribution in [0.4, 0.5) is 5.69 Å². The van der Waals surface area contributed by atoms with Gasteiger partial charge >= 0.3 is 5.97 Å². The number of carbonyl (C=O) groups excluding carboxylic acids is 1. The number of carboxylic acid groups (broad SMARTS) is 1. The van der Waals surface area contributed by atoms with E-state index in [1.54, 1.807) is 0 Å². The Morgan fingerprint density at radius 1 is 1.41 bits per heavy atom. The second-order valence-corrected chi connectivity index (χ2v) is 2.99. The number of nitrogens with zero attached hydrogens (tertiary/aromatic N) is 1. The number of carbonyl (C=O) groups is 2. The van der Waals surface area contributed by atoms with Gasteiger partial charge in [0.2, 0.25) is 0 Å². The summed E-state index contributed by atoms with van der Waals surface area (Å²) < 4.78 is 0. The van der Waals surface area contributed by atoms with E-state index in [0.29, 0.717) is 0 Å². The fourth-order valence-corrected chi connectivity index (χ4v) is 1.21. The van der Waals surface area contributed by atoms with E-state index in [4.69, 9.17) is 5.11 Å². The molecule has 0 unspecified atom stereocenters. The van der Waals surface area contributed by atoms with Crippen molar-refractivity contribution in [2.45, 2.75) is 0 Å². The van der Waals surface area contributed by atoms with Crippen molar-refractivity contribution in [3.05, 3.63) is 45.7 Å². The number of nitro groups is 1. The minimum Gasteiger partial charge on any atom is -0.877 e. The molecule has 0 radical (unpaired) electrons. The summed E-state index contributed by atoms with van der Waals surface area (Å²) in [5.41, 5.74) is -1.51. The van der Waals surface area contributed by atoms with E-state index in [9.17, 15) is 24.8 Å². The molecule has 1 N–H and O–H groups in total. The smallest absolute Gasteiger partial charge is 0.335 e. The normalized spacial score (nSPS) is 10.9. The van der Waals surface area contributed by atoms with Gasteiger partial charge in [-0.2, -0.15) is 0 Å². The fourth-order valence-electron chi connectivity index (χ4n) is 1.21. The second kappa shape index (κ2) is 4.88. The first-order valence-electron chi connectivity index (χ1n) is 4.30. The summed E-state index contributed by atoms with van der Waals surface area (Å²) in [5, 5.41) is 29.9. The number of aromatic carboxylic acids is 1. The molecule has 1 rings (SSSR count). The van der Waals surface area contributed by atoms with E-state index in [1.807, 2.05) is 0 Å². The molecular formula is C10H6NO6-. The van der Waals surface area contributed by atoms with Gasteiger partial charge in [0, 0.05) is 11.6 Å². The van der Waals surface area contributed by atoms with Crippen molar-refractivity contribution < 1.29 is 24.7 Å². The average molecular weight is 236 g/mol. The lowest BCUT2D eigenvalue weighted by Gasteiger charge is -2.05. The quantitative estimate of drug-likeness (QED) is 0.262. The Morgan fingerprint density at radius 2 is 2.06 bits per heavy atom. The van der Waals surface area contributed by atoms with E-state index in [0.717, 1.165) is 18.2 Å². The Bertz CT molecular complexity index is 520. The summed E-state index contributed by atoms with van der Waals surface area (Å²) in [6.45, 7) is 0. The lowest BCUT2D eigenvalue weighted by atomic mass is 10.0. The van der Waals surface area contributed by atoms with Crippen LogP contribution in [0.25, 0.3) is 5.57 Å². The molecule has 1 aromatic carbocycles. The summed E-state index contributed by atoms with van der Waals surface area (Å²) in [6.07, 6.45) is 0.353. The van der Waals surface area contributed by atoms with E-state index in [-0.39, 0.29) is 23.7 Å². The van der Waals surface area contributed by atoms with Crippen LogP contribution in [0.2, 0.25) is 0 Å². The van der Waals surface area contributed by atoms with Crippen LogP contribution in [-0.2, 0) is 4.79 Å². The number of carboxylic acids is 1. The van der Waals surface area contributed by atoms with Gasteiger partial charge in [-0.15, -0.1) is 6.26 Å². The maximum atomic E-state index is 10.7. The predicted molar refractivity (Wildman–Crippen MR) is 54.1 cm³/mol. The maximum absolute atomic E-state index is 10.7. The fraction of sp³-hybridized carbons (Fsp3) is 0. The molecule has 88 valence electrons. The highest BCUT2D eigenvalue weighted by Gasteiger charge is 2.18. The minimum absolute atomic E-state index is 0.176. The highest BCUT2D eigenvalue weighted by molar-refractivity contribution is 6.08. The predicted octanol–water partition coefficient (Wildman–Crippen LogP) is 0.193. The highest BCUT2D eigenvalue weighted by Crippen LogP contribution is 2.25. The minimum atomic E-state index is -1.33. The third kappa shape index (κ3) is 2.46. The lowest BCUT2D eigenvalue weighted by molar-refractivity contribution is -0.385. The molecule has 0 saturated heterocycles. The molecule has 0 heterocycles. The van der Waals surface area contributed by atoms with Crippen LogP contribution < -0.4 is 5.11 Å². The third-order valence-electron chi connectivity index (χ3n) is 2.01. The highest BCUT2D eigenvalue weighted by atomic mass is 16.6. The van der Waals surface area contributed by atoms with Gasteiger partial charge in [-0.3, -0.25) is 14.9 Å². The number of benzene rings is 1. The molecule has 0 aliphatic carbocycles. The van der Waals surface area contributed by atoms with Gasteiger partial charge < -0.3 is 10.2 Å². The van der Waals surface area contributed by atoms with Crippen LogP contribution in [0, 0.1) is 10.1 Å². The van der Waals surface area contributed by atoms with Crippen molar-refractivity contribution >= 4 is 23.5 Å². The van der Waals surface area contributed by atoms with Crippen LogP contribution in [0.1, 0.15) is 15.9 Å². The summed E-state index contributed by atoms with van der Waals surface area (Å²) >= 11 is 0. The molecule has 0 fully saturated rings. The average Bonchev–Trinajstić information content (AvgIpc) is 2.30. The molecule has 0 atom stereocenters. The summed E-state index contributed by atoms with van der Waals surface area (Å²) in [6, 6.07) is 2.93. The van der Waals surface area contributed by atoms with Gasteiger partial charge in [0.1, 0.15) is 6.29 Å². The van der Waals surface area contributed by atoms with Crippen LogP contribution in [0.3, 0.4) is 0 Å². The monoisotopic (exact) mass is 236 g/mol. The van der Waals surface area contributed by atoms with Gasteiger partial charge in [-0.05, 0) is 12.1 Å². The van der Waals surface area contributed by atoms with Crippen molar-refractivity contribution in [3.8, 4) is 0 Å². The lowest BCUT2D eigenvalue weighted by Crippen LogP contribution is -2.03. The molecule has 0 aliphatic heterocycles. The van der Waals surface area contributed by atoms with Crippen molar-refractivity contribution in [3.63, 3.8) is 0 Å². The van der Waals surface area contributed by atoms with Gasteiger partial charge in [-0.25, -0.2) is 4.79 Å². The first kappa shape index (κ1) is 12.4. The van der Waals surface area contributed by atoms with Crippen LogP contribution in [0.15, 0.2) is 24.5 Å². The Kier molecular flexibility index (Phi) is 3.55. The Balaban J connectivity index is 3.47. The van der Waals surface area contributed by atoms with Gasteiger partial charge in [0.05, 0.1) is 16.1 Å². The molecule has 0 saturated carbocycles. The second-order valence-electron chi connectivity index (χ2n) is 2.99. The Labute approximate surface area is 94.8 Å². The number of nitro benzene ring substituents is 1. The summed E-state index contributed by atoms with van der Waals surface area (Å²) in [4.78, 5) is 31.0. The molecule has 1 aromatic rings. The van der Waals surface area contributed by atoms with Crippen LogP contribution >= 0.6 is 0 Å². The standard InChI is InChI=1S/C10H7NO6/c12-4-7(5-13)8-2-1-6(10(14)15)3-9(8)11(16)17/h1-5,12H,(H,14,15)/p-1/b7-4+. The molecule has 7 nitrogen and oxygen atoms in total. The van der Waals surface area contributed by atoms with Crippen molar-refractivity contribution in [2.75, 3.05) is 0 Å². The zero-order chi connectivity index (χ0) is 13.0. The SMILES string of the molecule is O=C/C(=C\[O-])c1ccc(C(=O)O)cc1[N+](=O)[O-]. The summed E-state index contributed by atoms with van der Waals surface area (Å²) in [5.74, 6) is -1.33. The van der Waals surface area contributed by atoms with Crippen molar-refractivity contribution in [1.29, 1.82) is 0 Å².